The van der Waals surface area contributed by atoms with Crippen molar-refractivity contribution in [2.45, 2.75) is 18.0 Å². The van der Waals surface area contributed by atoms with E-state index < -0.39 is 5.00 Å². The van der Waals surface area contributed by atoms with Crippen LogP contribution in [-0.2, 0) is 11.3 Å². The van der Waals surface area contributed by atoms with E-state index in [1.165, 1.54) is 5.56 Å². The Balaban J connectivity index is 1.61. The molecule has 4 nitrogen and oxygen atoms in total. The molecule has 5 heteroatoms. The number of nitrogens with zero attached hydrogens (tertiary/aromatic N) is 2. The van der Waals surface area contributed by atoms with Gasteiger partial charge in [-0.25, -0.2) is 0 Å². The smallest absolute Gasteiger partial charge is 0.228 e. The largest absolute Gasteiger partial charge is 0.348 e. The number of hydrogen-bond donors (Lipinski definition) is 1. The summed E-state index contributed by atoms with van der Waals surface area (Å²) in [5.41, 5.74) is 3.13. The Morgan fingerprint density at radius 3 is 2.62 bits per heavy atom. The molecule has 2 heterocycles. The van der Waals surface area contributed by atoms with E-state index in [2.05, 4.69) is 39.4 Å². The monoisotopic (exact) mass is 341 g/mol. The number of nitrogens with one attached hydrogen (secondary N) is 1. The Labute approximate surface area is 147 Å². The number of halogens is 1. The summed E-state index contributed by atoms with van der Waals surface area (Å²) in [5, 5.41) is 2.98. The van der Waals surface area contributed by atoms with Gasteiger partial charge in [0, 0.05) is 26.2 Å². The van der Waals surface area contributed by atoms with Crippen molar-refractivity contribution in [3.8, 4) is 0 Å². The summed E-state index contributed by atoms with van der Waals surface area (Å²) < 4.78 is 0. The molecule has 0 unspecified atom stereocenters. The van der Waals surface area contributed by atoms with Crippen molar-refractivity contribution in [2.24, 2.45) is 0 Å². The summed E-state index contributed by atoms with van der Waals surface area (Å²) in [7, 11) is 0. The Morgan fingerprint density at radius 1 is 1.04 bits per heavy atom. The lowest BCUT2D eigenvalue weighted by atomic mass is 10.1. The van der Waals surface area contributed by atoms with Crippen LogP contribution in [0.3, 0.4) is 0 Å². The number of piperazine rings is 1. The van der Waals surface area contributed by atoms with Crippen LogP contribution in [0.5, 0.6) is 0 Å². The number of hydrogen-bond acceptors (Lipinski definition) is 3. The molecule has 0 aliphatic carbocycles. The number of carbonyl (C=O) groups excluding carboxylic acids is 1. The molecule has 4 rings (SSSR count). The molecule has 1 atom stereocenters. The molecule has 2 aromatic rings. The fourth-order valence-corrected chi connectivity index (χ4v) is 4.13. The Morgan fingerprint density at radius 2 is 1.79 bits per heavy atom. The third kappa shape index (κ3) is 2.87. The average molecular weight is 342 g/mol. The van der Waals surface area contributed by atoms with Crippen molar-refractivity contribution in [1.82, 2.24) is 4.90 Å². The summed E-state index contributed by atoms with van der Waals surface area (Å²) in [6, 6.07) is 18.3. The molecule has 2 aliphatic heterocycles. The van der Waals surface area contributed by atoms with Gasteiger partial charge in [0.25, 0.3) is 0 Å². The Bertz CT molecular complexity index is 751. The van der Waals surface area contributed by atoms with Crippen molar-refractivity contribution >= 4 is 28.9 Å². The van der Waals surface area contributed by atoms with Crippen molar-refractivity contribution in [3.05, 3.63) is 60.2 Å². The first-order chi connectivity index (χ1) is 11.6. The van der Waals surface area contributed by atoms with Gasteiger partial charge < -0.3 is 10.2 Å². The zero-order valence-corrected chi connectivity index (χ0v) is 14.2. The Hall–Kier alpha value is -2.04. The standard InChI is InChI=1S/C19H20ClN3O/c20-19-12-18(24)21-16-8-4-5-9-17(16)23(19)11-10-22(14-19)13-15-6-2-1-3-7-15/h1-9H,10-14H2,(H,21,24)/t19-/m1/s1. The van der Waals surface area contributed by atoms with E-state index in [-0.39, 0.29) is 12.3 Å². The third-order valence-electron chi connectivity index (χ3n) is 4.74. The summed E-state index contributed by atoms with van der Waals surface area (Å²) in [4.78, 5) is 16.1. The van der Waals surface area contributed by atoms with E-state index in [0.717, 1.165) is 31.0 Å². The minimum Gasteiger partial charge on any atom is -0.348 e. The maximum atomic E-state index is 12.3. The molecule has 1 fully saturated rings. The van der Waals surface area contributed by atoms with E-state index in [1.807, 2.05) is 30.3 Å². The molecule has 2 aliphatic rings. The predicted octanol–water partition coefficient (Wildman–Crippen LogP) is 3.29. The summed E-state index contributed by atoms with van der Waals surface area (Å²) in [6.45, 7) is 3.24. The van der Waals surface area contributed by atoms with Gasteiger partial charge in [-0.05, 0) is 17.7 Å². The number of alkyl halides is 1. The molecule has 1 N–H and O–H groups in total. The number of fused-ring (bicyclic) bond motifs is 3. The van der Waals surface area contributed by atoms with E-state index in [0.29, 0.717) is 6.54 Å². The molecule has 24 heavy (non-hydrogen) atoms. The van der Waals surface area contributed by atoms with Crippen molar-refractivity contribution < 1.29 is 4.79 Å². The molecule has 0 bridgehead atoms. The van der Waals surface area contributed by atoms with Crippen LogP contribution in [0, 0.1) is 0 Å². The lowest BCUT2D eigenvalue weighted by Gasteiger charge is -2.47. The zero-order chi connectivity index (χ0) is 16.6. The van der Waals surface area contributed by atoms with E-state index in [9.17, 15) is 4.79 Å². The highest BCUT2D eigenvalue weighted by atomic mass is 35.5. The lowest BCUT2D eigenvalue weighted by molar-refractivity contribution is -0.116. The number of para-hydroxylation sites is 2. The number of rotatable bonds is 2. The molecule has 1 amide bonds. The van der Waals surface area contributed by atoms with Gasteiger partial charge in [-0.2, -0.15) is 0 Å². The lowest BCUT2D eigenvalue weighted by Crippen LogP contribution is -2.59. The topological polar surface area (TPSA) is 35.6 Å². The fourth-order valence-electron chi connectivity index (χ4n) is 3.67. The minimum atomic E-state index is -0.705. The highest BCUT2D eigenvalue weighted by Gasteiger charge is 2.44. The van der Waals surface area contributed by atoms with Crippen LogP contribution in [0.4, 0.5) is 11.4 Å². The van der Waals surface area contributed by atoms with E-state index in [4.69, 9.17) is 11.6 Å². The molecular formula is C19H20ClN3O. The average Bonchev–Trinajstić information content (AvgIpc) is 2.67. The highest BCUT2D eigenvalue weighted by Crippen LogP contribution is 2.40. The first-order valence-corrected chi connectivity index (χ1v) is 8.64. The third-order valence-corrected chi connectivity index (χ3v) is 5.20. The number of anilines is 2. The van der Waals surface area contributed by atoms with Gasteiger partial charge in [0.05, 0.1) is 17.8 Å². The zero-order valence-electron chi connectivity index (χ0n) is 13.4. The SMILES string of the molecule is O=C1C[C@]2(Cl)CN(Cc3ccccc3)CCN2c2ccccc2N1. The van der Waals surface area contributed by atoms with Crippen LogP contribution >= 0.6 is 11.6 Å². The Kier molecular flexibility index (Phi) is 3.94. The maximum Gasteiger partial charge on any atom is 0.228 e. The quantitative estimate of drug-likeness (QED) is 0.672. The van der Waals surface area contributed by atoms with Crippen LogP contribution in [0.25, 0.3) is 0 Å². The van der Waals surface area contributed by atoms with Crippen LogP contribution in [0.2, 0.25) is 0 Å². The molecule has 0 aromatic heterocycles. The summed E-state index contributed by atoms with van der Waals surface area (Å²) in [6.07, 6.45) is 0.286. The first kappa shape index (κ1) is 15.5. The van der Waals surface area contributed by atoms with Gasteiger partial charge in [-0.3, -0.25) is 9.69 Å². The molecule has 124 valence electrons. The second-order valence-electron chi connectivity index (χ2n) is 6.51. The molecule has 0 saturated carbocycles. The second kappa shape index (κ2) is 6.11. The van der Waals surface area contributed by atoms with Gasteiger partial charge in [-0.15, -0.1) is 0 Å². The van der Waals surface area contributed by atoms with Gasteiger partial charge >= 0.3 is 0 Å². The van der Waals surface area contributed by atoms with Crippen LogP contribution in [0.1, 0.15) is 12.0 Å². The predicted molar refractivity (Wildman–Crippen MR) is 97.3 cm³/mol. The molecule has 0 spiro atoms. The second-order valence-corrected chi connectivity index (χ2v) is 7.21. The highest BCUT2D eigenvalue weighted by molar-refractivity contribution is 6.28. The van der Waals surface area contributed by atoms with Crippen LogP contribution in [-0.4, -0.2) is 35.4 Å². The van der Waals surface area contributed by atoms with E-state index >= 15 is 0 Å². The normalized spacial score (nSPS) is 23.9. The maximum absolute atomic E-state index is 12.3. The molecule has 2 aromatic carbocycles. The summed E-state index contributed by atoms with van der Waals surface area (Å²) >= 11 is 6.99. The van der Waals surface area contributed by atoms with Crippen molar-refractivity contribution in [2.75, 3.05) is 29.9 Å². The number of benzene rings is 2. The van der Waals surface area contributed by atoms with Crippen molar-refractivity contribution in [1.29, 1.82) is 0 Å². The van der Waals surface area contributed by atoms with E-state index in [1.54, 1.807) is 0 Å². The van der Waals surface area contributed by atoms with Gasteiger partial charge in [-0.1, -0.05) is 54.1 Å². The number of amides is 1. The first-order valence-electron chi connectivity index (χ1n) is 8.26. The fraction of sp³-hybridized carbons (Fsp3) is 0.316. The van der Waals surface area contributed by atoms with Gasteiger partial charge in [0.2, 0.25) is 5.91 Å². The number of carbonyl (C=O) groups is 1. The van der Waals surface area contributed by atoms with Crippen molar-refractivity contribution in [3.63, 3.8) is 0 Å². The summed E-state index contributed by atoms with van der Waals surface area (Å²) in [5.74, 6) is -0.0264. The molecule has 0 radical (unpaired) electrons. The molecular weight excluding hydrogens is 322 g/mol. The van der Waals surface area contributed by atoms with Crippen LogP contribution < -0.4 is 10.2 Å². The van der Waals surface area contributed by atoms with Crippen LogP contribution in [0.15, 0.2) is 54.6 Å². The van der Waals surface area contributed by atoms with Gasteiger partial charge in [0.1, 0.15) is 5.00 Å². The van der Waals surface area contributed by atoms with Gasteiger partial charge in [0.15, 0.2) is 0 Å². The molecule has 1 saturated heterocycles. The minimum absolute atomic E-state index is 0.0264.